The van der Waals surface area contributed by atoms with Crippen LogP contribution in [0.2, 0.25) is 25.7 Å². The smallest absolute Gasteiger partial charge is 0.0446 e. The van der Waals surface area contributed by atoms with Crippen molar-refractivity contribution in [3.63, 3.8) is 0 Å². The van der Waals surface area contributed by atoms with Crippen molar-refractivity contribution in [3.05, 3.63) is 35.4 Å². The molecular weight excluding hydrogens is 246 g/mol. The van der Waals surface area contributed by atoms with Gasteiger partial charge < -0.3 is 5.32 Å². The van der Waals surface area contributed by atoms with E-state index in [0.29, 0.717) is 0 Å². The lowest BCUT2D eigenvalue weighted by Crippen LogP contribution is -2.32. The average Bonchev–Trinajstić information content (AvgIpc) is 2.27. The summed E-state index contributed by atoms with van der Waals surface area (Å²) in [5.41, 5.74) is 2.88. The quantitative estimate of drug-likeness (QED) is 0.545. The summed E-state index contributed by atoms with van der Waals surface area (Å²) in [6.07, 6.45) is 2.45. The Kier molecular flexibility index (Phi) is 6.80. The van der Waals surface area contributed by atoms with Crippen molar-refractivity contribution in [1.82, 2.24) is 5.32 Å². The van der Waals surface area contributed by atoms with Crippen LogP contribution in [0.15, 0.2) is 24.3 Å². The molecule has 1 N–H and O–H groups in total. The summed E-state index contributed by atoms with van der Waals surface area (Å²) in [5.74, 6) is 0.792. The van der Waals surface area contributed by atoms with Crippen LogP contribution in [0.1, 0.15) is 24.5 Å². The van der Waals surface area contributed by atoms with Crippen molar-refractivity contribution in [2.45, 2.75) is 52.4 Å². The van der Waals surface area contributed by atoms with Gasteiger partial charge >= 0.3 is 0 Å². The van der Waals surface area contributed by atoms with Crippen LogP contribution in [0.5, 0.6) is 0 Å². The molecule has 1 atom stereocenters. The van der Waals surface area contributed by atoms with Crippen molar-refractivity contribution < 1.29 is 0 Å². The van der Waals surface area contributed by atoms with Crippen molar-refractivity contribution in [2.24, 2.45) is 5.92 Å². The molecule has 0 spiro atoms. The number of benzene rings is 1. The second-order valence-electron chi connectivity index (χ2n) is 7.03. The van der Waals surface area contributed by atoms with Gasteiger partial charge in [0.2, 0.25) is 0 Å². The van der Waals surface area contributed by atoms with Gasteiger partial charge in [0.25, 0.3) is 0 Å². The van der Waals surface area contributed by atoms with Crippen LogP contribution < -0.4 is 5.32 Å². The van der Waals surface area contributed by atoms with Gasteiger partial charge in [-0.05, 0) is 44.3 Å². The Balaban J connectivity index is 2.62. The second kappa shape index (κ2) is 7.86. The summed E-state index contributed by atoms with van der Waals surface area (Å²) in [4.78, 5) is 0. The first-order valence-electron chi connectivity index (χ1n) is 7.67. The van der Waals surface area contributed by atoms with Crippen LogP contribution in [0.4, 0.5) is 0 Å². The Labute approximate surface area is 120 Å². The summed E-state index contributed by atoms with van der Waals surface area (Å²) in [5, 5.41) is 3.61. The molecule has 1 aromatic carbocycles. The summed E-state index contributed by atoms with van der Waals surface area (Å²) in [6.45, 7) is 14.2. The maximum absolute atomic E-state index is 3.61. The Morgan fingerprint density at radius 3 is 2.53 bits per heavy atom. The molecule has 0 fully saturated rings. The third-order valence-corrected chi connectivity index (χ3v) is 5.17. The van der Waals surface area contributed by atoms with E-state index in [-0.39, 0.29) is 0 Å². The lowest BCUT2D eigenvalue weighted by atomic mass is 9.99. The first-order chi connectivity index (χ1) is 8.90. The highest BCUT2D eigenvalue weighted by Crippen LogP contribution is 2.21. The number of hydrogen-bond donors (Lipinski definition) is 1. The lowest BCUT2D eigenvalue weighted by Gasteiger charge is -2.25. The summed E-state index contributed by atoms with van der Waals surface area (Å²) in [7, 11) is -0.988. The Hall–Kier alpha value is -0.603. The fourth-order valence-corrected chi connectivity index (χ4v) is 4.76. The third kappa shape index (κ3) is 7.53. The minimum atomic E-state index is -0.988. The minimum Gasteiger partial charge on any atom is -0.316 e. The molecule has 2 heteroatoms. The largest absolute Gasteiger partial charge is 0.316 e. The first-order valence-corrected chi connectivity index (χ1v) is 11.4. The summed E-state index contributed by atoms with van der Waals surface area (Å²) >= 11 is 0. The van der Waals surface area contributed by atoms with E-state index in [2.05, 4.69) is 63.1 Å². The molecular formula is C17H31NSi. The SMILES string of the molecule is CCCNCC(Cc1cccc(C)c1)C[Si](C)(C)C. The molecule has 0 aliphatic carbocycles. The van der Waals surface area contributed by atoms with Gasteiger partial charge in [-0.3, -0.25) is 0 Å². The monoisotopic (exact) mass is 277 g/mol. The molecule has 0 saturated heterocycles. The fraction of sp³-hybridized carbons (Fsp3) is 0.647. The lowest BCUT2D eigenvalue weighted by molar-refractivity contribution is 0.505. The van der Waals surface area contributed by atoms with Crippen LogP contribution in [0.25, 0.3) is 0 Å². The van der Waals surface area contributed by atoms with E-state index in [1.54, 1.807) is 0 Å². The zero-order chi connectivity index (χ0) is 14.3. The highest BCUT2D eigenvalue weighted by atomic mass is 28.3. The molecule has 0 heterocycles. The fourth-order valence-electron chi connectivity index (χ4n) is 2.74. The van der Waals surface area contributed by atoms with Gasteiger partial charge in [-0.1, -0.05) is 62.4 Å². The zero-order valence-electron chi connectivity index (χ0n) is 13.4. The maximum Gasteiger partial charge on any atom is 0.0446 e. The molecule has 1 nitrogen and oxygen atoms in total. The Morgan fingerprint density at radius 2 is 1.95 bits per heavy atom. The molecule has 1 unspecified atom stereocenters. The van der Waals surface area contributed by atoms with Gasteiger partial charge in [0, 0.05) is 8.07 Å². The van der Waals surface area contributed by atoms with E-state index in [0.717, 1.165) is 12.5 Å². The summed E-state index contributed by atoms with van der Waals surface area (Å²) in [6, 6.07) is 10.4. The molecule has 0 radical (unpaired) electrons. The van der Waals surface area contributed by atoms with E-state index in [1.165, 1.54) is 36.6 Å². The summed E-state index contributed by atoms with van der Waals surface area (Å²) < 4.78 is 0. The molecule has 0 aliphatic rings. The van der Waals surface area contributed by atoms with E-state index >= 15 is 0 Å². The highest BCUT2D eigenvalue weighted by molar-refractivity contribution is 6.76. The van der Waals surface area contributed by atoms with Gasteiger partial charge in [-0.25, -0.2) is 0 Å². The van der Waals surface area contributed by atoms with Crippen LogP contribution in [0, 0.1) is 12.8 Å². The predicted molar refractivity (Wildman–Crippen MR) is 89.7 cm³/mol. The van der Waals surface area contributed by atoms with Crippen LogP contribution >= 0.6 is 0 Å². The topological polar surface area (TPSA) is 12.0 Å². The predicted octanol–water partition coefficient (Wildman–Crippen LogP) is 4.49. The molecule has 108 valence electrons. The average molecular weight is 278 g/mol. The molecule has 0 amide bonds. The van der Waals surface area contributed by atoms with E-state index in [1.807, 2.05) is 0 Å². The third-order valence-electron chi connectivity index (χ3n) is 3.37. The zero-order valence-corrected chi connectivity index (χ0v) is 14.4. The van der Waals surface area contributed by atoms with Gasteiger partial charge in [-0.2, -0.15) is 0 Å². The van der Waals surface area contributed by atoms with E-state index in [4.69, 9.17) is 0 Å². The molecule has 0 aliphatic heterocycles. The maximum atomic E-state index is 3.61. The molecule has 1 aromatic rings. The Bertz CT molecular complexity index is 368. The molecule has 0 aromatic heterocycles. The van der Waals surface area contributed by atoms with Gasteiger partial charge in [0.1, 0.15) is 0 Å². The number of rotatable bonds is 8. The van der Waals surface area contributed by atoms with Crippen LogP contribution in [-0.4, -0.2) is 21.2 Å². The van der Waals surface area contributed by atoms with Crippen molar-refractivity contribution in [1.29, 1.82) is 0 Å². The minimum absolute atomic E-state index is 0.792. The van der Waals surface area contributed by atoms with E-state index in [9.17, 15) is 0 Å². The second-order valence-corrected chi connectivity index (χ2v) is 12.6. The molecule has 19 heavy (non-hydrogen) atoms. The van der Waals surface area contributed by atoms with Crippen LogP contribution in [0.3, 0.4) is 0 Å². The number of aryl methyl sites for hydroxylation is 1. The molecule has 1 rings (SSSR count). The number of nitrogens with one attached hydrogen (secondary N) is 1. The van der Waals surface area contributed by atoms with E-state index < -0.39 is 8.07 Å². The number of hydrogen-bond acceptors (Lipinski definition) is 1. The van der Waals surface area contributed by atoms with Gasteiger partial charge in [0.15, 0.2) is 0 Å². The van der Waals surface area contributed by atoms with Crippen molar-refractivity contribution >= 4 is 8.07 Å². The highest BCUT2D eigenvalue weighted by Gasteiger charge is 2.20. The van der Waals surface area contributed by atoms with Crippen LogP contribution in [-0.2, 0) is 6.42 Å². The molecule has 0 saturated carbocycles. The van der Waals surface area contributed by atoms with Gasteiger partial charge in [0.05, 0.1) is 0 Å². The molecule has 0 bridgehead atoms. The standard InChI is InChI=1S/C17H31NSi/c1-6-10-18-13-17(14-19(3,4)5)12-16-9-7-8-15(2)11-16/h7-9,11,17-18H,6,10,12-14H2,1-5H3. The normalized spacial score (nSPS) is 13.5. The van der Waals surface area contributed by atoms with Gasteiger partial charge in [-0.15, -0.1) is 0 Å². The van der Waals surface area contributed by atoms with Crippen molar-refractivity contribution in [2.75, 3.05) is 13.1 Å². The van der Waals surface area contributed by atoms with Crippen molar-refractivity contribution in [3.8, 4) is 0 Å². The first kappa shape index (κ1) is 16.5. The Morgan fingerprint density at radius 1 is 1.21 bits per heavy atom.